The van der Waals surface area contributed by atoms with Gasteiger partial charge in [-0.1, -0.05) is 0 Å². The molecule has 0 fully saturated rings. The highest BCUT2D eigenvalue weighted by molar-refractivity contribution is 5.97. The Kier molecular flexibility index (Phi) is 2.31. The topological polar surface area (TPSA) is 34.1 Å². The summed E-state index contributed by atoms with van der Waals surface area (Å²) in [7, 11) is 0. The molecular weight excluding hydrogens is 156 g/mol. The highest BCUT2D eigenvalue weighted by Crippen LogP contribution is 2.23. The second kappa shape index (κ2) is 2.62. The van der Waals surface area contributed by atoms with Crippen LogP contribution in [0.2, 0.25) is 0 Å². The maximum absolute atomic E-state index is 11.2. The summed E-state index contributed by atoms with van der Waals surface area (Å²) in [4.78, 5) is 18.6. The smallest absolute Gasteiger partial charge is 0.254 e. The summed E-state index contributed by atoms with van der Waals surface area (Å²) in [5, 5.41) is 0. The molecule has 0 heterocycles. The third kappa shape index (κ3) is 1.99. The summed E-state index contributed by atoms with van der Waals surface area (Å²) in [6.45, 7) is 0. The Bertz CT molecular complexity index is 198. The average Bonchev–Trinajstić information content (AvgIpc) is 1.60. The van der Waals surface area contributed by atoms with Crippen LogP contribution in [0, 0.1) is 0 Å². The van der Waals surface area contributed by atoms with Gasteiger partial charge in [0.1, 0.15) is 5.94 Å². The van der Waals surface area contributed by atoms with Gasteiger partial charge in [-0.2, -0.15) is 17.6 Å². The zero-order valence-electron chi connectivity index (χ0n) is 4.33. The number of allylic oxidation sites excluding steroid dienone is 1. The first-order valence-corrected chi connectivity index (χ1v) is 1.91. The summed E-state index contributed by atoms with van der Waals surface area (Å²) in [6.07, 6.45) is -5.24. The van der Waals surface area contributed by atoms with Gasteiger partial charge in [0.2, 0.25) is 5.57 Å². The molecule has 0 aliphatic carbocycles. The van der Waals surface area contributed by atoms with Crippen molar-refractivity contribution in [2.75, 3.05) is 0 Å². The molecule has 0 aromatic carbocycles. The highest BCUT2D eigenvalue weighted by Gasteiger charge is 2.40. The number of halogens is 4. The van der Waals surface area contributed by atoms with Crippen LogP contribution in [-0.4, -0.2) is 18.2 Å². The number of rotatable bonds is 1. The third-order valence-electron chi connectivity index (χ3n) is 0.582. The molecular formula is C4F4O2. The minimum Gasteiger partial charge on any atom is -0.254 e. The van der Waals surface area contributed by atoms with Crippen molar-refractivity contribution in [1.29, 1.82) is 0 Å². The molecule has 0 radical (unpaired) electrons. The van der Waals surface area contributed by atoms with Crippen LogP contribution in [-0.2, 0) is 9.59 Å². The molecule has 0 N–H and O–H groups in total. The van der Waals surface area contributed by atoms with Crippen molar-refractivity contribution in [3.63, 3.8) is 0 Å². The van der Waals surface area contributed by atoms with Crippen molar-refractivity contribution in [2.24, 2.45) is 0 Å². The molecule has 0 bridgehead atoms. The number of carbonyl (C=O) groups is 1. The van der Waals surface area contributed by atoms with Crippen molar-refractivity contribution in [1.82, 2.24) is 0 Å². The van der Waals surface area contributed by atoms with E-state index in [0.29, 0.717) is 0 Å². The first kappa shape index (κ1) is 8.84. The molecule has 0 rings (SSSR count). The Labute approximate surface area is 52.1 Å². The molecule has 0 aliphatic heterocycles. The molecule has 10 heavy (non-hydrogen) atoms. The Morgan fingerprint density at radius 2 is 1.70 bits per heavy atom. The van der Waals surface area contributed by atoms with Gasteiger partial charge >= 0.3 is 12.2 Å². The number of carbonyl (C=O) groups excluding carboxylic acids is 2. The van der Waals surface area contributed by atoms with Crippen LogP contribution in [0.15, 0.2) is 5.57 Å². The highest BCUT2D eigenvalue weighted by atomic mass is 19.4. The van der Waals surface area contributed by atoms with Gasteiger partial charge in [0.05, 0.1) is 0 Å². The van der Waals surface area contributed by atoms with E-state index in [1.54, 1.807) is 0 Å². The van der Waals surface area contributed by atoms with Crippen LogP contribution >= 0.6 is 0 Å². The van der Waals surface area contributed by atoms with E-state index in [1.807, 2.05) is 0 Å². The van der Waals surface area contributed by atoms with E-state index >= 15 is 0 Å². The van der Waals surface area contributed by atoms with Gasteiger partial charge in [-0.25, -0.2) is 4.79 Å². The number of alkyl halides is 3. The monoisotopic (exact) mass is 156 g/mol. The van der Waals surface area contributed by atoms with Crippen LogP contribution in [0.3, 0.4) is 0 Å². The maximum Gasteiger partial charge on any atom is 0.433 e. The van der Waals surface area contributed by atoms with Crippen molar-refractivity contribution in [3.8, 4) is 0 Å². The molecule has 0 aromatic rings. The Morgan fingerprint density at radius 1 is 1.30 bits per heavy atom. The Hall–Kier alpha value is -1.16. The minimum atomic E-state index is -5.24. The van der Waals surface area contributed by atoms with E-state index in [9.17, 15) is 27.2 Å². The van der Waals surface area contributed by atoms with Crippen molar-refractivity contribution in [3.05, 3.63) is 5.57 Å². The van der Waals surface area contributed by atoms with Gasteiger partial charge in [0.25, 0.3) is 0 Å². The van der Waals surface area contributed by atoms with Crippen LogP contribution < -0.4 is 0 Å². The Balaban J connectivity index is 4.74. The molecule has 0 saturated carbocycles. The van der Waals surface area contributed by atoms with Gasteiger partial charge < -0.3 is 0 Å². The average molecular weight is 156 g/mol. The molecule has 0 amide bonds. The van der Waals surface area contributed by atoms with Crippen LogP contribution in [0.1, 0.15) is 0 Å². The van der Waals surface area contributed by atoms with E-state index in [4.69, 9.17) is 0 Å². The van der Waals surface area contributed by atoms with Crippen LogP contribution in [0.25, 0.3) is 0 Å². The second-order valence-corrected chi connectivity index (χ2v) is 1.25. The fourth-order valence-corrected chi connectivity index (χ4v) is 0.209. The molecule has 0 aliphatic rings. The van der Waals surface area contributed by atoms with Crippen molar-refractivity contribution in [2.45, 2.75) is 6.18 Å². The lowest BCUT2D eigenvalue weighted by Crippen LogP contribution is -2.17. The SMILES string of the molecule is O=C=C(C(=O)F)C(F)(F)F. The van der Waals surface area contributed by atoms with E-state index in [0.717, 1.165) is 0 Å². The molecule has 0 unspecified atom stereocenters. The number of hydrogen-bond acceptors (Lipinski definition) is 2. The Morgan fingerprint density at radius 3 is 1.70 bits per heavy atom. The molecule has 56 valence electrons. The number of hydrogen-bond donors (Lipinski definition) is 0. The molecule has 0 saturated heterocycles. The summed E-state index contributed by atoms with van der Waals surface area (Å²) in [5.41, 5.74) is -2.44. The van der Waals surface area contributed by atoms with Crippen LogP contribution in [0.4, 0.5) is 17.6 Å². The lowest BCUT2D eigenvalue weighted by Gasteiger charge is -1.99. The quantitative estimate of drug-likeness (QED) is 0.243. The van der Waals surface area contributed by atoms with E-state index in [2.05, 4.69) is 0 Å². The first-order valence-electron chi connectivity index (χ1n) is 1.91. The van der Waals surface area contributed by atoms with Gasteiger partial charge in [0.15, 0.2) is 0 Å². The summed E-state index contributed by atoms with van der Waals surface area (Å²) >= 11 is 0. The van der Waals surface area contributed by atoms with Gasteiger partial charge in [-0.3, -0.25) is 4.79 Å². The van der Waals surface area contributed by atoms with Gasteiger partial charge in [-0.05, 0) is 0 Å². The van der Waals surface area contributed by atoms with Crippen LogP contribution in [0.5, 0.6) is 0 Å². The fraction of sp³-hybridized carbons (Fsp3) is 0.250. The largest absolute Gasteiger partial charge is 0.433 e. The fourth-order valence-electron chi connectivity index (χ4n) is 0.209. The molecule has 0 atom stereocenters. The third-order valence-corrected chi connectivity index (χ3v) is 0.582. The van der Waals surface area contributed by atoms with E-state index in [-0.39, 0.29) is 5.94 Å². The predicted octanol–water partition coefficient (Wildman–Crippen LogP) is 0.803. The first-order chi connectivity index (χ1) is 4.39. The summed E-state index contributed by atoms with van der Waals surface area (Å²) < 4.78 is 44.8. The lowest BCUT2D eigenvalue weighted by molar-refractivity contribution is -0.137. The summed E-state index contributed by atoms with van der Waals surface area (Å²) in [5.74, 6) is 0.159. The van der Waals surface area contributed by atoms with Crippen molar-refractivity contribution >= 4 is 12.0 Å². The zero-order chi connectivity index (χ0) is 8.36. The molecule has 6 heteroatoms. The second-order valence-electron chi connectivity index (χ2n) is 1.25. The molecule has 0 spiro atoms. The van der Waals surface area contributed by atoms with Gasteiger partial charge in [-0.15, -0.1) is 0 Å². The van der Waals surface area contributed by atoms with Gasteiger partial charge in [0, 0.05) is 0 Å². The molecule has 2 nitrogen and oxygen atoms in total. The lowest BCUT2D eigenvalue weighted by atomic mass is 10.3. The van der Waals surface area contributed by atoms with Crippen molar-refractivity contribution < 1.29 is 27.2 Å². The predicted molar refractivity (Wildman–Crippen MR) is 21.4 cm³/mol. The standard InChI is InChI=1S/C4F4O2/c5-3(10)2(1-9)4(6,7)8. The molecule has 0 aromatic heterocycles. The maximum atomic E-state index is 11.2. The van der Waals surface area contributed by atoms with E-state index < -0.39 is 17.8 Å². The summed E-state index contributed by atoms with van der Waals surface area (Å²) in [6, 6.07) is -2.82. The van der Waals surface area contributed by atoms with E-state index in [1.165, 1.54) is 0 Å². The normalized spacial score (nSPS) is 10.4. The minimum absolute atomic E-state index is 0.159. The zero-order valence-corrected chi connectivity index (χ0v) is 4.33.